The first-order chi connectivity index (χ1) is 9.02. The third-order valence-electron chi connectivity index (χ3n) is 3.60. The molecule has 1 aliphatic rings. The molecule has 1 fully saturated rings. The van der Waals surface area contributed by atoms with Gasteiger partial charge < -0.3 is 10.5 Å². The summed E-state index contributed by atoms with van der Waals surface area (Å²) in [5.74, 6) is -0.241. The lowest BCUT2D eigenvalue weighted by atomic mass is 10.0. The first-order valence-corrected chi connectivity index (χ1v) is 7.34. The normalized spacial score (nSPS) is 26.4. The number of hydrogen-bond acceptors (Lipinski definition) is 3. The maximum absolute atomic E-state index is 13.2. The largest absolute Gasteiger partial charge is 0.376 e. The van der Waals surface area contributed by atoms with Crippen molar-refractivity contribution in [2.75, 3.05) is 19.7 Å². The summed E-state index contributed by atoms with van der Waals surface area (Å²) >= 11 is 3.44. The summed E-state index contributed by atoms with van der Waals surface area (Å²) in [6, 6.07) is 5.17. The minimum Gasteiger partial charge on any atom is -0.376 e. The van der Waals surface area contributed by atoms with Gasteiger partial charge in [0.15, 0.2) is 0 Å². The zero-order chi connectivity index (χ0) is 14.0. The van der Waals surface area contributed by atoms with Gasteiger partial charge in [0, 0.05) is 29.6 Å². The molecule has 1 aromatic rings. The summed E-state index contributed by atoms with van der Waals surface area (Å²) in [5.41, 5.74) is 6.99. The molecular weight excluding hydrogens is 311 g/mol. The molecule has 106 valence electrons. The molecule has 3 nitrogen and oxygen atoms in total. The van der Waals surface area contributed by atoms with Crippen molar-refractivity contribution >= 4 is 15.9 Å². The van der Waals surface area contributed by atoms with E-state index in [1.54, 1.807) is 0 Å². The second kappa shape index (κ2) is 6.31. The van der Waals surface area contributed by atoms with Gasteiger partial charge in [-0.25, -0.2) is 4.39 Å². The molecule has 0 spiro atoms. The van der Waals surface area contributed by atoms with Crippen molar-refractivity contribution in [1.82, 2.24) is 4.90 Å². The van der Waals surface area contributed by atoms with E-state index in [2.05, 4.69) is 34.7 Å². The summed E-state index contributed by atoms with van der Waals surface area (Å²) in [5, 5.41) is 0. The van der Waals surface area contributed by atoms with Gasteiger partial charge in [-0.05, 0) is 31.5 Å². The van der Waals surface area contributed by atoms with Crippen molar-refractivity contribution < 1.29 is 9.13 Å². The fourth-order valence-electron chi connectivity index (χ4n) is 2.58. The van der Waals surface area contributed by atoms with Crippen LogP contribution >= 0.6 is 15.9 Å². The van der Waals surface area contributed by atoms with Crippen molar-refractivity contribution in [3.05, 3.63) is 34.1 Å². The molecule has 1 aliphatic heterocycles. The Labute approximate surface area is 122 Å². The molecule has 0 saturated carbocycles. The summed E-state index contributed by atoms with van der Waals surface area (Å²) in [6.07, 6.45) is 0.199. The molecule has 0 radical (unpaired) electrons. The van der Waals surface area contributed by atoms with Crippen LogP contribution in [0.15, 0.2) is 22.7 Å². The van der Waals surface area contributed by atoms with Crippen molar-refractivity contribution in [3.63, 3.8) is 0 Å². The molecule has 3 unspecified atom stereocenters. The van der Waals surface area contributed by atoms with Crippen LogP contribution in [0.4, 0.5) is 4.39 Å². The number of nitrogens with two attached hydrogens (primary N) is 1. The van der Waals surface area contributed by atoms with Gasteiger partial charge in [0.25, 0.3) is 0 Å². The highest BCUT2D eigenvalue weighted by Crippen LogP contribution is 2.31. The summed E-state index contributed by atoms with van der Waals surface area (Å²) in [6.45, 7) is 6.24. The first-order valence-electron chi connectivity index (χ1n) is 6.55. The topological polar surface area (TPSA) is 38.5 Å². The highest BCUT2D eigenvalue weighted by Gasteiger charge is 2.30. The zero-order valence-electron chi connectivity index (χ0n) is 11.3. The number of benzene rings is 1. The minimum atomic E-state index is -0.241. The molecule has 0 aromatic heterocycles. The Balaban J connectivity index is 2.27. The monoisotopic (exact) mass is 330 g/mol. The number of rotatable bonds is 3. The molecule has 1 saturated heterocycles. The van der Waals surface area contributed by atoms with Crippen molar-refractivity contribution in [2.24, 2.45) is 5.73 Å². The van der Waals surface area contributed by atoms with Gasteiger partial charge in [-0.1, -0.05) is 22.0 Å². The molecule has 0 aliphatic carbocycles. The average Bonchev–Trinajstić information content (AvgIpc) is 2.36. The van der Waals surface area contributed by atoms with Gasteiger partial charge in [0.1, 0.15) is 5.82 Å². The van der Waals surface area contributed by atoms with E-state index in [1.807, 2.05) is 6.07 Å². The lowest BCUT2D eigenvalue weighted by molar-refractivity contribution is -0.0654. The molecule has 19 heavy (non-hydrogen) atoms. The minimum absolute atomic E-state index is 0.0799. The van der Waals surface area contributed by atoms with E-state index >= 15 is 0 Å². The number of hydrogen-bond donors (Lipinski definition) is 1. The molecule has 5 heteroatoms. The highest BCUT2D eigenvalue weighted by atomic mass is 79.9. The summed E-state index contributed by atoms with van der Waals surface area (Å²) in [7, 11) is 0. The van der Waals surface area contributed by atoms with Crippen molar-refractivity contribution in [1.29, 1.82) is 0 Å². The van der Waals surface area contributed by atoms with Gasteiger partial charge in [0.05, 0.1) is 12.7 Å². The van der Waals surface area contributed by atoms with Gasteiger partial charge in [-0.15, -0.1) is 0 Å². The zero-order valence-corrected chi connectivity index (χ0v) is 12.9. The SMILES string of the molecule is CC1CN(C(CN)c2ccc(F)cc2Br)C(C)CO1. The molecule has 0 amide bonds. The molecule has 0 bridgehead atoms. The van der Waals surface area contributed by atoms with Crippen LogP contribution in [0.1, 0.15) is 25.5 Å². The molecule has 1 aromatic carbocycles. The second-order valence-electron chi connectivity index (χ2n) is 5.11. The van der Waals surface area contributed by atoms with E-state index in [0.717, 1.165) is 16.6 Å². The number of morpholine rings is 1. The van der Waals surface area contributed by atoms with E-state index < -0.39 is 0 Å². The Morgan fingerprint density at radius 1 is 1.53 bits per heavy atom. The third-order valence-corrected chi connectivity index (χ3v) is 4.29. The summed E-state index contributed by atoms with van der Waals surface area (Å²) in [4.78, 5) is 2.34. The number of halogens is 2. The second-order valence-corrected chi connectivity index (χ2v) is 5.96. The van der Waals surface area contributed by atoms with Crippen LogP contribution in [0.3, 0.4) is 0 Å². The van der Waals surface area contributed by atoms with Crippen LogP contribution in [-0.2, 0) is 4.74 Å². The Bertz CT molecular complexity index is 443. The molecule has 2 N–H and O–H groups in total. The van der Waals surface area contributed by atoms with E-state index in [0.29, 0.717) is 19.2 Å². The molecule has 2 rings (SSSR count). The fourth-order valence-corrected chi connectivity index (χ4v) is 3.19. The van der Waals surface area contributed by atoms with Gasteiger partial charge in [-0.3, -0.25) is 4.90 Å². The Hall–Kier alpha value is -0.490. The number of ether oxygens (including phenoxy) is 1. The fraction of sp³-hybridized carbons (Fsp3) is 0.571. The maximum Gasteiger partial charge on any atom is 0.124 e. The Morgan fingerprint density at radius 2 is 2.26 bits per heavy atom. The smallest absolute Gasteiger partial charge is 0.124 e. The van der Waals surface area contributed by atoms with E-state index in [-0.39, 0.29) is 18.0 Å². The molecule has 3 atom stereocenters. The predicted molar refractivity (Wildman–Crippen MR) is 77.5 cm³/mol. The van der Waals surface area contributed by atoms with Crippen LogP contribution in [0.25, 0.3) is 0 Å². The van der Waals surface area contributed by atoms with E-state index in [9.17, 15) is 4.39 Å². The van der Waals surface area contributed by atoms with Crippen molar-refractivity contribution in [2.45, 2.75) is 32.0 Å². The summed E-state index contributed by atoms with van der Waals surface area (Å²) < 4.78 is 19.6. The lowest BCUT2D eigenvalue weighted by Gasteiger charge is -2.42. The quantitative estimate of drug-likeness (QED) is 0.926. The Morgan fingerprint density at radius 3 is 2.89 bits per heavy atom. The first kappa shape index (κ1) is 14.9. The van der Waals surface area contributed by atoms with Crippen LogP contribution in [0.2, 0.25) is 0 Å². The van der Waals surface area contributed by atoms with Crippen LogP contribution in [0, 0.1) is 5.82 Å². The molecule has 1 heterocycles. The van der Waals surface area contributed by atoms with Crippen molar-refractivity contribution in [3.8, 4) is 0 Å². The maximum atomic E-state index is 13.2. The standard InChI is InChI=1S/C14H20BrFN2O/c1-9-8-19-10(2)7-18(9)14(6-17)12-4-3-11(16)5-13(12)15/h3-5,9-10,14H,6-8,17H2,1-2H3. The Kier molecular flexibility index (Phi) is 4.95. The highest BCUT2D eigenvalue weighted by molar-refractivity contribution is 9.10. The third kappa shape index (κ3) is 3.34. The van der Waals surface area contributed by atoms with Gasteiger partial charge in [-0.2, -0.15) is 0 Å². The van der Waals surface area contributed by atoms with Gasteiger partial charge >= 0.3 is 0 Å². The van der Waals surface area contributed by atoms with Crippen LogP contribution < -0.4 is 5.73 Å². The predicted octanol–water partition coefficient (Wildman–Crippen LogP) is 2.70. The number of nitrogens with zero attached hydrogens (tertiary/aromatic N) is 1. The average molecular weight is 331 g/mol. The van der Waals surface area contributed by atoms with Gasteiger partial charge in [0.2, 0.25) is 0 Å². The van der Waals surface area contributed by atoms with E-state index in [4.69, 9.17) is 10.5 Å². The molecular formula is C14H20BrFN2O. The lowest BCUT2D eigenvalue weighted by Crippen LogP contribution is -2.50. The van der Waals surface area contributed by atoms with E-state index in [1.165, 1.54) is 12.1 Å². The van der Waals surface area contributed by atoms with Crippen LogP contribution in [-0.4, -0.2) is 36.7 Å². The van der Waals surface area contributed by atoms with Crippen LogP contribution in [0.5, 0.6) is 0 Å².